The lowest BCUT2D eigenvalue weighted by Gasteiger charge is -2.16. The molecule has 20 heavy (non-hydrogen) atoms. The van der Waals surface area contributed by atoms with Crippen LogP contribution in [0.15, 0.2) is 10.9 Å². The van der Waals surface area contributed by atoms with Gasteiger partial charge in [-0.1, -0.05) is 19.0 Å². The molecule has 0 aliphatic heterocycles. The van der Waals surface area contributed by atoms with E-state index in [4.69, 9.17) is 4.52 Å². The molecule has 0 aliphatic rings. The molecule has 0 aliphatic carbocycles. The number of aromatic nitrogens is 4. The minimum Gasteiger partial charge on any atom is -0.373 e. The molecule has 2 aromatic heterocycles. The molecule has 2 rings (SSSR count). The number of anilines is 2. The van der Waals surface area contributed by atoms with Crippen LogP contribution < -0.4 is 10.6 Å². The van der Waals surface area contributed by atoms with Crippen LogP contribution in [0.5, 0.6) is 0 Å². The number of aryl methyl sites for hydroxylation is 1. The van der Waals surface area contributed by atoms with E-state index >= 15 is 0 Å². The summed E-state index contributed by atoms with van der Waals surface area (Å²) >= 11 is 0. The molecule has 0 saturated heterocycles. The summed E-state index contributed by atoms with van der Waals surface area (Å²) in [7, 11) is 1.86. The first-order valence-electron chi connectivity index (χ1n) is 6.67. The Labute approximate surface area is 118 Å². The summed E-state index contributed by atoms with van der Waals surface area (Å²) in [5.74, 6) is 3.31. The van der Waals surface area contributed by atoms with E-state index < -0.39 is 0 Å². The monoisotopic (exact) mass is 276 g/mol. The summed E-state index contributed by atoms with van der Waals surface area (Å²) in [6, 6.07) is 0. The first-order valence-corrected chi connectivity index (χ1v) is 6.67. The van der Waals surface area contributed by atoms with Crippen molar-refractivity contribution in [1.82, 2.24) is 20.1 Å². The molecule has 7 heteroatoms. The summed E-state index contributed by atoms with van der Waals surface area (Å²) < 4.78 is 5.08. The van der Waals surface area contributed by atoms with E-state index in [0.29, 0.717) is 30.6 Å². The molecule has 0 fully saturated rings. The third-order valence-corrected chi connectivity index (χ3v) is 2.90. The Hall–Kier alpha value is -2.18. The topological polar surface area (TPSA) is 88.8 Å². The van der Waals surface area contributed by atoms with Crippen LogP contribution in [0, 0.1) is 6.92 Å². The van der Waals surface area contributed by atoms with E-state index in [0.717, 1.165) is 17.2 Å². The zero-order valence-electron chi connectivity index (χ0n) is 12.3. The number of hydrogen-bond acceptors (Lipinski definition) is 7. The van der Waals surface area contributed by atoms with Gasteiger partial charge in [-0.3, -0.25) is 0 Å². The van der Waals surface area contributed by atoms with E-state index in [9.17, 15) is 0 Å². The number of rotatable bonds is 6. The molecule has 0 amide bonds. The van der Waals surface area contributed by atoms with Crippen molar-refractivity contribution in [3.8, 4) is 0 Å². The summed E-state index contributed by atoms with van der Waals surface area (Å²) in [5, 5.41) is 10.2. The maximum atomic E-state index is 5.08. The second-order valence-electron chi connectivity index (χ2n) is 4.80. The lowest BCUT2D eigenvalue weighted by molar-refractivity contribution is 0.377. The van der Waals surface area contributed by atoms with Crippen LogP contribution >= 0.6 is 0 Å². The molecule has 0 aromatic carbocycles. The van der Waals surface area contributed by atoms with Crippen LogP contribution in [0.1, 0.15) is 37.0 Å². The zero-order chi connectivity index (χ0) is 14.5. The Morgan fingerprint density at radius 1 is 1.25 bits per heavy atom. The van der Waals surface area contributed by atoms with Crippen LogP contribution in [-0.2, 0) is 6.42 Å². The van der Waals surface area contributed by atoms with E-state index in [1.54, 1.807) is 13.3 Å². The molecule has 0 saturated carbocycles. The highest BCUT2D eigenvalue weighted by atomic mass is 16.5. The molecule has 2 N–H and O–H groups in total. The lowest BCUT2D eigenvalue weighted by Crippen LogP contribution is -2.12. The normalized spacial score (nSPS) is 10.8. The minimum absolute atomic E-state index is 0.326. The summed E-state index contributed by atoms with van der Waals surface area (Å²) in [6.45, 7) is 6.72. The van der Waals surface area contributed by atoms with E-state index in [2.05, 4.69) is 44.6 Å². The molecule has 0 radical (unpaired) electrons. The van der Waals surface area contributed by atoms with Gasteiger partial charge in [0.2, 0.25) is 5.89 Å². The molecule has 108 valence electrons. The van der Waals surface area contributed by atoms with Crippen molar-refractivity contribution in [1.29, 1.82) is 0 Å². The first kappa shape index (κ1) is 14.2. The van der Waals surface area contributed by atoms with Crippen LogP contribution in [0.25, 0.3) is 0 Å². The highest BCUT2D eigenvalue weighted by Gasteiger charge is 2.14. The quantitative estimate of drug-likeness (QED) is 0.834. The zero-order valence-corrected chi connectivity index (χ0v) is 12.3. The Bertz CT molecular complexity index is 566. The van der Waals surface area contributed by atoms with Gasteiger partial charge in [0.1, 0.15) is 18.0 Å². The Morgan fingerprint density at radius 3 is 2.60 bits per heavy atom. The second kappa shape index (κ2) is 6.31. The molecule has 0 spiro atoms. The second-order valence-corrected chi connectivity index (χ2v) is 4.80. The van der Waals surface area contributed by atoms with Crippen molar-refractivity contribution in [2.24, 2.45) is 0 Å². The molecular weight excluding hydrogens is 256 g/mol. The molecule has 7 nitrogen and oxygen atoms in total. The standard InChI is InChI=1S/C13H20N6O/c1-8(2)11-12(14-4)16-7-17-13(11)15-6-5-10-18-9(3)19-20-10/h7-8H,5-6H2,1-4H3,(H2,14,15,16,17). The van der Waals surface area contributed by atoms with Gasteiger partial charge in [-0.15, -0.1) is 0 Å². The van der Waals surface area contributed by atoms with E-state index in [1.165, 1.54) is 0 Å². The van der Waals surface area contributed by atoms with Crippen LogP contribution in [-0.4, -0.2) is 33.7 Å². The van der Waals surface area contributed by atoms with Crippen molar-refractivity contribution in [2.75, 3.05) is 24.2 Å². The summed E-state index contributed by atoms with van der Waals surface area (Å²) in [4.78, 5) is 12.7. The van der Waals surface area contributed by atoms with Crippen molar-refractivity contribution in [2.45, 2.75) is 33.1 Å². The van der Waals surface area contributed by atoms with Crippen molar-refractivity contribution >= 4 is 11.6 Å². The Morgan fingerprint density at radius 2 is 2.00 bits per heavy atom. The SMILES string of the molecule is CNc1ncnc(NCCc2nc(C)no2)c1C(C)C. The van der Waals surface area contributed by atoms with Gasteiger partial charge in [-0.2, -0.15) is 4.98 Å². The van der Waals surface area contributed by atoms with E-state index in [-0.39, 0.29) is 0 Å². The Kier molecular flexibility index (Phi) is 4.49. The van der Waals surface area contributed by atoms with Gasteiger partial charge < -0.3 is 15.2 Å². The van der Waals surface area contributed by atoms with Gasteiger partial charge in [-0.05, 0) is 12.8 Å². The summed E-state index contributed by atoms with van der Waals surface area (Å²) in [6.07, 6.45) is 2.22. The largest absolute Gasteiger partial charge is 0.373 e. The van der Waals surface area contributed by atoms with Crippen molar-refractivity contribution in [3.63, 3.8) is 0 Å². The van der Waals surface area contributed by atoms with Crippen molar-refractivity contribution < 1.29 is 4.52 Å². The fourth-order valence-electron chi connectivity index (χ4n) is 2.01. The first-order chi connectivity index (χ1) is 9.61. The van der Waals surface area contributed by atoms with Gasteiger partial charge in [-0.25, -0.2) is 9.97 Å². The predicted molar refractivity (Wildman–Crippen MR) is 76.9 cm³/mol. The smallest absolute Gasteiger partial charge is 0.228 e. The molecular formula is C13H20N6O. The lowest BCUT2D eigenvalue weighted by atomic mass is 10.0. The van der Waals surface area contributed by atoms with Crippen LogP contribution in [0.4, 0.5) is 11.6 Å². The molecule has 0 atom stereocenters. The fourth-order valence-corrected chi connectivity index (χ4v) is 2.01. The molecule has 2 heterocycles. The molecule has 2 aromatic rings. The number of hydrogen-bond donors (Lipinski definition) is 2. The average molecular weight is 276 g/mol. The highest BCUT2D eigenvalue weighted by molar-refractivity contribution is 5.58. The fraction of sp³-hybridized carbons (Fsp3) is 0.538. The van der Waals surface area contributed by atoms with Gasteiger partial charge in [0, 0.05) is 25.6 Å². The van der Waals surface area contributed by atoms with Gasteiger partial charge in [0.25, 0.3) is 0 Å². The third-order valence-electron chi connectivity index (χ3n) is 2.90. The van der Waals surface area contributed by atoms with Crippen LogP contribution in [0.2, 0.25) is 0 Å². The van der Waals surface area contributed by atoms with Crippen LogP contribution in [0.3, 0.4) is 0 Å². The third kappa shape index (κ3) is 3.23. The molecule has 0 unspecified atom stereocenters. The predicted octanol–water partition coefficient (Wildman–Crippen LogP) is 1.99. The van der Waals surface area contributed by atoms with E-state index in [1.807, 2.05) is 7.05 Å². The van der Waals surface area contributed by atoms with Gasteiger partial charge in [0.05, 0.1) is 0 Å². The number of nitrogens with one attached hydrogen (secondary N) is 2. The average Bonchev–Trinajstić information content (AvgIpc) is 2.83. The molecule has 0 bridgehead atoms. The Balaban J connectivity index is 2.05. The summed E-state index contributed by atoms with van der Waals surface area (Å²) in [5.41, 5.74) is 1.08. The van der Waals surface area contributed by atoms with Gasteiger partial charge >= 0.3 is 0 Å². The number of nitrogens with zero attached hydrogens (tertiary/aromatic N) is 4. The maximum Gasteiger partial charge on any atom is 0.228 e. The minimum atomic E-state index is 0.326. The highest BCUT2D eigenvalue weighted by Crippen LogP contribution is 2.27. The maximum absolute atomic E-state index is 5.08. The van der Waals surface area contributed by atoms with Crippen molar-refractivity contribution in [3.05, 3.63) is 23.6 Å². The van der Waals surface area contributed by atoms with Gasteiger partial charge in [0.15, 0.2) is 5.82 Å².